The van der Waals surface area contributed by atoms with Gasteiger partial charge in [-0.15, -0.1) is 6.58 Å². The highest BCUT2D eigenvalue weighted by molar-refractivity contribution is 6.10. The van der Waals surface area contributed by atoms with Gasteiger partial charge in [-0.2, -0.15) is 13.2 Å². The first-order valence-corrected chi connectivity index (χ1v) is 10.8. The Morgan fingerprint density at radius 2 is 1.94 bits per heavy atom. The standard InChI is InChI=1S/C24H23F3N4O3/c1-2-9-28-23(34)29-17-8-10-31-20(13-17)21(32)30-19-7-6-15(12-18(19)22(31)33)14-4-3-5-16(11-14)24(25,26)27/h2-7,11-12,17,20H,1,8-10,13H2,(H,30,32)(H2,28,29,34)/t17-,20-/m0/s1. The molecule has 0 aliphatic carbocycles. The third-order valence-corrected chi connectivity index (χ3v) is 5.94. The predicted octanol–water partition coefficient (Wildman–Crippen LogP) is 3.78. The van der Waals surface area contributed by atoms with Gasteiger partial charge in [-0.1, -0.05) is 24.3 Å². The molecule has 4 amide bonds. The molecule has 2 aromatic carbocycles. The Balaban J connectivity index is 1.58. The van der Waals surface area contributed by atoms with Crippen molar-refractivity contribution in [3.05, 3.63) is 66.2 Å². The monoisotopic (exact) mass is 472 g/mol. The van der Waals surface area contributed by atoms with Crippen molar-refractivity contribution >= 4 is 23.5 Å². The third kappa shape index (κ3) is 4.75. The molecule has 2 heterocycles. The number of rotatable bonds is 4. The van der Waals surface area contributed by atoms with Gasteiger partial charge < -0.3 is 20.9 Å². The molecule has 0 bridgehead atoms. The Hall–Kier alpha value is -3.82. The zero-order valence-corrected chi connectivity index (χ0v) is 18.1. The molecule has 0 aromatic heterocycles. The fraction of sp³-hybridized carbons (Fsp3) is 0.292. The van der Waals surface area contributed by atoms with E-state index in [1.165, 1.54) is 29.2 Å². The summed E-state index contributed by atoms with van der Waals surface area (Å²) in [6.07, 6.45) is -2.24. The van der Waals surface area contributed by atoms with Crippen LogP contribution in [0.3, 0.4) is 0 Å². The molecule has 7 nitrogen and oxygen atoms in total. The Bertz CT molecular complexity index is 1150. The highest BCUT2D eigenvalue weighted by Crippen LogP contribution is 2.35. The maximum Gasteiger partial charge on any atom is 0.416 e. The normalized spacial score (nSPS) is 19.9. The van der Waals surface area contributed by atoms with Gasteiger partial charge >= 0.3 is 12.2 Å². The summed E-state index contributed by atoms with van der Waals surface area (Å²) in [5.74, 6) is -0.765. The second-order valence-electron chi connectivity index (χ2n) is 8.21. The quantitative estimate of drug-likeness (QED) is 0.592. The van der Waals surface area contributed by atoms with Crippen molar-refractivity contribution in [3.63, 3.8) is 0 Å². The number of hydrogen-bond acceptors (Lipinski definition) is 3. The summed E-state index contributed by atoms with van der Waals surface area (Å²) in [7, 11) is 0. The van der Waals surface area contributed by atoms with Crippen LogP contribution in [0.25, 0.3) is 11.1 Å². The molecule has 2 aliphatic heterocycles. The number of carbonyl (C=O) groups is 3. The first kappa shape index (κ1) is 23.3. The predicted molar refractivity (Wildman–Crippen MR) is 120 cm³/mol. The minimum absolute atomic E-state index is 0.209. The molecule has 34 heavy (non-hydrogen) atoms. The third-order valence-electron chi connectivity index (χ3n) is 5.94. The van der Waals surface area contributed by atoms with E-state index in [-0.39, 0.29) is 42.4 Å². The number of alkyl halides is 3. The van der Waals surface area contributed by atoms with E-state index in [1.54, 1.807) is 12.1 Å². The number of fused-ring (bicyclic) bond motifs is 2. The topological polar surface area (TPSA) is 90.5 Å². The first-order valence-electron chi connectivity index (χ1n) is 10.8. The number of amides is 4. The van der Waals surface area contributed by atoms with Gasteiger partial charge in [0.1, 0.15) is 6.04 Å². The number of nitrogens with zero attached hydrogens (tertiary/aromatic N) is 1. The lowest BCUT2D eigenvalue weighted by atomic mass is 9.95. The Morgan fingerprint density at radius 3 is 2.68 bits per heavy atom. The molecule has 0 spiro atoms. The Kier molecular flexibility index (Phi) is 6.32. The van der Waals surface area contributed by atoms with Crippen LogP contribution in [0.2, 0.25) is 0 Å². The van der Waals surface area contributed by atoms with E-state index < -0.39 is 17.8 Å². The number of nitrogens with one attached hydrogen (secondary N) is 3. The Morgan fingerprint density at radius 1 is 1.18 bits per heavy atom. The number of carbonyl (C=O) groups excluding carboxylic acids is 3. The summed E-state index contributed by atoms with van der Waals surface area (Å²) < 4.78 is 39.4. The van der Waals surface area contributed by atoms with Gasteiger partial charge in [0, 0.05) is 19.1 Å². The zero-order valence-electron chi connectivity index (χ0n) is 18.1. The van der Waals surface area contributed by atoms with E-state index in [1.807, 2.05) is 0 Å². The molecule has 2 aromatic rings. The smallest absolute Gasteiger partial charge is 0.335 e. The fourth-order valence-electron chi connectivity index (χ4n) is 4.24. The van der Waals surface area contributed by atoms with Crippen LogP contribution in [0, 0.1) is 0 Å². The summed E-state index contributed by atoms with van der Waals surface area (Å²) in [6, 6.07) is 7.99. The molecule has 178 valence electrons. The van der Waals surface area contributed by atoms with E-state index in [4.69, 9.17) is 0 Å². The van der Waals surface area contributed by atoms with Crippen LogP contribution in [-0.4, -0.2) is 47.9 Å². The van der Waals surface area contributed by atoms with E-state index in [0.29, 0.717) is 29.8 Å². The molecule has 0 radical (unpaired) electrons. The van der Waals surface area contributed by atoms with Crippen molar-refractivity contribution in [3.8, 4) is 11.1 Å². The van der Waals surface area contributed by atoms with Crippen LogP contribution < -0.4 is 16.0 Å². The van der Waals surface area contributed by atoms with Gasteiger partial charge in [0.15, 0.2) is 0 Å². The molecule has 0 unspecified atom stereocenters. The average Bonchev–Trinajstić information content (AvgIpc) is 2.91. The van der Waals surface area contributed by atoms with Gasteiger partial charge in [-0.25, -0.2) is 4.79 Å². The number of urea groups is 1. The minimum atomic E-state index is -4.49. The van der Waals surface area contributed by atoms with Crippen LogP contribution in [0.5, 0.6) is 0 Å². The van der Waals surface area contributed by atoms with E-state index in [2.05, 4.69) is 22.5 Å². The summed E-state index contributed by atoms with van der Waals surface area (Å²) >= 11 is 0. The van der Waals surface area contributed by atoms with Gasteiger partial charge in [0.25, 0.3) is 5.91 Å². The van der Waals surface area contributed by atoms with E-state index in [0.717, 1.165) is 12.1 Å². The highest BCUT2D eigenvalue weighted by Gasteiger charge is 2.40. The lowest BCUT2D eigenvalue weighted by molar-refractivity contribution is -0.137. The highest BCUT2D eigenvalue weighted by atomic mass is 19.4. The average molecular weight is 472 g/mol. The van der Waals surface area contributed by atoms with Crippen molar-refractivity contribution in [2.75, 3.05) is 18.4 Å². The SMILES string of the molecule is C=CCNC(=O)N[C@H]1CCN2C(=O)c3cc(-c4cccc(C(F)(F)F)c4)ccc3NC(=O)[C@@H]2C1. The molecule has 1 saturated heterocycles. The molecular weight excluding hydrogens is 449 g/mol. The van der Waals surface area contributed by atoms with Crippen LogP contribution >= 0.6 is 0 Å². The maximum atomic E-state index is 13.3. The van der Waals surface area contributed by atoms with Gasteiger partial charge in [0.05, 0.1) is 16.8 Å². The summed E-state index contributed by atoms with van der Waals surface area (Å²) in [6.45, 7) is 4.08. The number of halogens is 3. The fourth-order valence-corrected chi connectivity index (χ4v) is 4.24. The van der Waals surface area contributed by atoms with Crippen molar-refractivity contribution in [2.45, 2.75) is 31.1 Å². The number of benzene rings is 2. The zero-order chi connectivity index (χ0) is 24.5. The van der Waals surface area contributed by atoms with Crippen molar-refractivity contribution < 1.29 is 27.6 Å². The van der Waals surface area contributed by atoms with Crippen LogP contribution in [0.4, 0.5) is 23.7 Å². The largest absolute Gasteiger partial charge is 0.416 e. The summed E-state index contributed by atoms with van der Waals surface area (Å²) in [5, 5.41) is 8.17. The summed E-state index contributed by atoms with van der Waals surface area (Å²) in [5.41, 5.74) is 0.466. The first-order chi connectivity index (χ1) is 16.2. The molecule has 2 aliphatic rings. The number of anilines is 1. The maximum absolute atomic E-state index is 13.3. The van der Waals surface area contributed by atoms with Crippen molar-refractivity contribution in [1.82, 2.24) is 15.5 Å². The number of piperidine rings is 1. The van der Waals surface area contributed by atoms with Gasteiger partial charge in [0.2, 0.25) is 5.91 Å². The Labute approximate surface area is 194 Å². The summed E-state index contributed by atoms with van der Waals surface area (Å²) in [4.78, 5) is 39.7. The van der Waals surface area contributed by atoms with E-state index >= 15 is 0 Å². The van der Waals surface area contributed by atoms with Crippen molar-refractivity contribution in [1.29, 1.82) is 0 Å². The van der Waals surface area contributed by atoms with E-state index in [9.17, 15) is 27.6 Å². The minimum Gasteiger partial charge on any atom is -0.335 e. The lowest BCUT2D eigenvalue weighted by Gasteiger charge is -2.37. The van der Waals surface area contributed by atoms with Crippen LogP contribution in [0.1, 0.15) is 28.8 Å². The van der Waals surface area contributed by atoms with Gasteiger partial charge in [-0.3, -0.25) is 9.59 Å². The lowest BCUT2D eigenvalue weighted by Crippen LogP contribution is -2.56. The molecule has 0 saturated carbocycles. The van der Waals surface area contributed by atoms with Crippen LogP contribution in [-0.2, 0) is 11.0 Å². The number of hydrogen-bond donors (Lipinski definition) is 3. The molecule has 3 N–H and O–H groups in total. The van der Waals surface area contributed by atoms with Crippen LogP contribution in [0.15, 0.2) is 55.1 Å². The molecular formula is C24H23F3N4O3. The molecule has 10 heteroatoms. The second-order valence-corrected chi connectivity index (χ2v) is 8.21. The van der Waals surface area contributed by atoms with Gasteiger partial charge in [-0.05, 0) is 48.2 Å². The molecule has 2 atom stereocenters. The molecule has 4 rings (SSSR count). The second kappa shape index (κ2) is 9.20. The molecule has 1 fully saturated rings. The van der Waals surface area contributed by atoms with Crippen molar-refractivity contribution in [2.24, 2.45) is 0 Å².